The Kier molecular flexibility index (Phi) is 4.65. The molecule has 2 aliphatic heterocycles. The highest BCUT2D eigenvalue weighted by Crippen LogP contribution is 2.59. The minimum Gasteiger partial charge on any atom is -0.262 e. The number of rotatable bonds is 4. The molecule has 32 heavy (non-hydrogen) atoms. The van der Waals surface area contributed by atoms with E-state index in [0.717, 1.165) is 25.0 Å². The molecule has 1 spiro atoms. The average Bonchev–Trinajstić information content (AvgIpc) is 3.53. The van der Waals surface area contributed by atoms with Gasteiger partial charge in [-0.15, -0.1) is 0 Å². The fourth-order valence-electron chi connectivity index (χ4n) is 5.28. The Balaban J connectivity index is 1.73. The third-order valence-corrected chi connectivity index (χ3v) is 10.4. The Labute approximate surface area is 185 Å². The van der Waals surface area contributed by atoms with Gasteiger partial charge in [0.1, 0.15) is 15.7 Å². The number of hydrogen-bond acceptors (Lipinski definition) is 6. The number of halogens is 1. The highest BCUT2D eigenvalue weighted by atomic mass is 32.2. The van der Waals surface area contributed by atoms with Gasteiger partial charge in [0.2, 0.25) is 0 Å². The van der Waals surface area contributed by atoms with E-state index in [1.54, 1.807) is 0 Å². The highest BCUT2D eigenvalue weighted by molar-refractivity contribution is 7.93. The Morgan fingerprint density at radius 1 is 1.06 bits per heavy atom. The summed E-state index contributed by atoms with van der Waals surface area (Å²) in [4.78, 5) is 10.9. The van der Waals surface area contributed by atoms with Gasteiger partial charge in [-0.3, -0.25) is 14.4 Å². The van der Waals surface area contributed by atoms with Gasteiger partial charge in [-0.2, -0.15) is 0 Å². The summed E-state index contributed by atoms with van der Waals surface area (Å²) >= 11 is 0. The van der Waals surface area contributed by atoms with Crippen LogP contribution in [0.3, 0.4) is 0 Å². The van der Waals surface area contributed by atoms with Gasteiger partial charge >= 0.3 is 0 Å². The number of sulfonamides is 1. The van der Waals surface area contributed by atoms with Crippen LogP contribution in [-0.4, -0.2) is 39.3 Å². The van der Waals surface area contributed by atoms with Crippen LogP contribution in [0.15, 0.2) is 47.4 Å². The fourth-order valence-corrected chi connectivity index (χ4v) is 8.64. The lowest BCUT2D eigenvalue weighted by Crippen LogP contribution is -2.52. The van der Waals surface area contributed by atoms with Crippen LogP contribution < -0.4 is 4.31 Å². The first kappa shape index (κ1) is 21.3. The Morgan fingerprint density at radius 3 is 2.25 bits per heavy atom. The van der Waals surface area contributed by atoms with Crippen molar-refractivity contribution in [2.24, 2.45) is 5.92 Å². The number of anilines is 1. The summed E-state index contributed by atoms with van der Waals surface area (Å²) in [6.45, 7) is 0. The van der Waals surface area contributed by atoms with Crippen LogP contribution >= 0.6 is 0 Å². The summed E-state index contributed by atoms with van der Waals surface area (Å²) in [5.41, 5.74) is -0.117. The van der Waals surface area contributed by atoms with Crippen LogP contribution in [0.4, 0.5) is 15.8 Å². The van der Waals surface area contributed by atoms with E-state index in [4.69, 9.17) is 0 Å². The van der Waals surface area contributed by atoms with E-state index in [-0.39, 0.29) is 40.8 Å². The molecule has 1 saturated heterocycles. The third kappa shape index (κ3) is 3.21. The van der Waals surface area contributed by atoms with Gasteiger partial charge in [0, 0.05) is 17.5 Å². The van der Waals surface area contributed by atoms with Crippen LogP contribution in [0.1, 0.15) is 31.2 Å². The molecule has 2 heterocycles. The summed E-state index contributed by atoms with van der Waals surface area (Å²) in [6.07, 6.45) is 2.01. The minimum absolute atomic E-state index is 0.0254. The number of non-ortho nitro benzene ring substituents is 1. The SMILES string of the molecule is O=[N+]([O-])c1ccc2c(c1)C1(CCS(=O)(=O)CC1)C(C1CC1)N2S(=O)(=O)c1ccc(F)cc1. The Hall–Kier alpha value is -2.53. The summed E-state index contributed by atoms with van der Waals surface area (Å²) in [5, 5.41) is 11.5. The van der Waals surface area contributed by atoms with Crippen LogP contribution in [0, 0.1) is 21.8 Å². The molecule has 0 aromatic heterocycles. The standard InChI is InChI=1S/C21H21FN2O6S2/c22-15-3-6-17(7-4-15)32(29,30)23-19-8-5-16(24(25)26)13-18(19)21(20(23)14-1-2-14)9-11-31(27,28)12-10-21/h3-8,13-14,20H,1-2,9-12H2. The van der Waals surface area contributed by atoms with Crippen molar-refractivity contribution in [2.45, 2.75) is 42.0 Å². The van der Waals surface area contributed by atoms with Crippen molar-refractivity contribution in [3.63, 3.8) is 0 Å². The second-order valence-corrected chi connectivity index (χ2v) is 12.9. The summed E-state index contributed by atoms with van der Waals surface area (Å²) in [5.74, 6) is -0.724. The molecule has 2 fully saturated rings. The van der Waals surface area contributed by atoms with Crippen molar-refractivity contribution in [1.82, 2.24) is 0 Å². The van der Waals surface area contributed by atoms with Crippen molar-refractivity contribution in [1.29, 1.82) is 0 Å². The molecular weight excluding hydrogens is 459 g/mol. The number of nitro groups is 1. The van der Waals surface area contributed by atoms with Crippen LogP contribution in [0.2, 0.25) is 0 Å². The molecule has 2 aromatic carbocycles. The van der Waals surface area contributed by atoms with E-state index >= 15 is 0 Å². The maximum absolute atomic E-state index is 13.8. The zero-order chi connectivity index (χ0) is 22.9. The first-order valence-corrected chi connectivity index (χ1v) is 13.6. The fraction of sp³-hybridized carbons (Fsp3) is 0.429. The van der Waals surface area contributed by atoms with E-state index in [0.29, 0.717) is 11.3 Å². The van der Waals surface area contributed by atoms with Crippen molar-refractivity contribution in [3.05, 3.63) is 64.0 Å². The molecule has 1 unspecified atom stereocenters. The molecule has 1 aliphatic carbocycles. The predicted octanol–water partition coefficient (Wildman–Crippen LogP) is 3.17. The molecule has 0 N–H and O–H groups in total. The molecule has 3 aliphatic rings. The zero-order valence-corrected chi connectivity index (χ0v) is 18.6. The lowest BCUT2D eigenvalue weighted by molar-refractivity contribution is -0.384. The lowest BCUT2D eigenvalue weighted by atomic mass is 9.70. The molecule has 2 aromatic rings. The van der Waals surface area contributed by atoms with E-state index in [2.05, 4.69) is 0 Å². The van der Waals surface area contributed by atoms with Gasteiger partial charge in [-0.25, -0.2) is 21.2 Å². The first-order chi connectivity index (χ1) is 15.1. The van der Waals surface area contributed by atoms with Gasteiger partial charge < -0.3 is 0 Å². The summed E-state index contributed by atoms with van der Waals surface area (Å²) in [6, 6.07) is 8.15. The molecule has 0 bridgehead atoms. The number of nitrogens with zero attached hydrogens (tertiary/aromatic N) is 2. The van der Waals surface area contributed by atoms with Gasteiger partial charge in [0.25, 0.3) is 15.7 Å². The first-order valence-electron chi connectivity index (χ1n) is 10.3. The van der Waals surface area contributed by atoms with Crippen LogP contribution in [0.5, 0.6) is 0 Å². The maximum atomic E-state index is 13.8. The summed E-state index contributed by atoms with van der Waals surface area (Å²) < 4.78 is 66.8. The van der Waals surface area contributed by atoms with Crippen molar-refractivity contribution in [2.75, 3.05) is 15.8 Å². The third-order valence-electron chi connectivity index (χ3n) is 6.94. The molecule has 0 amide bonds. The quantitative estimate of drug-likeness (QED) is 0.490. The lowest BCUT2D eigenvalue weighted by Gasteiger charge is -2.41. The molecule has 170 valence electrons. The number of hydrogen-bond donors (Lipinski definition) is 0. The second-order valence-electron chi connectivity index (χ2n) is 8.80. The molecule has 1 atom stereocenters. The van der Waals surface area contributed by atoms with E-state index in [1.807, 2.05) is 0 Å². The number of sulfone groups is 1. The maximum Gasteiger partial charge on any atom is 0.269 e. The van der Waals surface area contributed by atoms with Gasteiger partial charge in [0.05, 0.1) is 33.1 Å². The molecule has 0 radical (unpaired) electrons. The van der Waals surface area contributed by atoms with Crippen molar-refractivity contribution in [3.8, 4) is 0 Å². The van der Waals surface area contributed by atoms with Crippen molar-refractivity contribution < 1.29 is 26.1 Å². The summed E-state index contributed by atoms with van der Waals surface area (Å²) in [7, 11) is -7.37. The predicted molar refractivity (Wildman–Crippen MR) is 115 cm³/mol. The number of fused-ring (bicyclic) bond motifs is 2. The topological polar surface area (TPSA) is 115 Å². The van der Waals surface area contributed by atoms with Crippen LogP contribution in [-0.2, 0) is 25.3 Å². The molecule has 11 heteroatoms. The molecule has 5 rings (SSSR count). The van der Waals surface area contributed by atoms with E-state index in [1.165, 1.54) is 34.6 Å². The smallest absolute Gasteiger partial charge is 0.262 e. The monoisotopic (exact) mass is 480 g/mol. The van der Waals surface area contributed by atoms with Gasteiger partial charge in [-0.1, -0.05) is 0 Å². The van der Waals surface area contributed by atoms with Crippen LogP contribution in [0.25, 0.3) is 0 Å². The zero-order valence-electron chi connectivity index (χ0n) is 17.0. The number of benzene rings is 2. The Morgan fingerprint density at radius 2 is 1.69 bits per heavy atom. The van der Waals surface area contributed by atoms with E-state index in [9.17, 15) is 31.3 Å². The van der Waals surface area contributed by atoms with Gasteiger partial charge in [-0.05, 0) is 67.5 Å². The normalized spacial score (nSPS) is 23.8. The van der Waals surface area contributed by atoms with Crippen molar-refractivity contribution >= 4 is 31.2 Å². The highest BCUT2D eigenvalue weighted by Gasteiger charge is 2.60. The number of nitro benzene ring substituents is 1. The Bertz CT molecular complexity index is 1310. The molecule has 1 saturated carbocycles. The van der Waals surface area contributed by atoms with E-state index < -0.39 is 42.1 Å². The molecule has 8 nitrogen and oxygen atoms in total. The molecular formula is C21H21FN2O6S2. The average molecular weight is 481 g/mol. The van der Waals surface area contributed by atoms with Gasteiger partial charge in [0.15, 0.2) is 0 Å². The minimum atomic E-state index is -4.11. The largest absolute Gasteiger partial charge is 0.269 e. The second kappa shape index (κ2) is 6.98.